The molecule has 0 radical (unpaired) electrons. The van der Waals surface area contributed by atoms with Crippen LogP contribution in [-0.4, -0.2) is 16.9 Å². The van der Waals surface area contributed by atoms with Crippen LogP contribution in [-0.2, 0) is 21.4 Å². The highest BCUT2D eigenvalue weighted by atomic mass is 35.5. The Balaban J connectivity index is 2.20. The molecule has 1 N–H and O–H groups in total. The first kappa shape index (κ1) is 16.0. The lowest BCUT2D eigenvalue weighted by molar-refractivity contribution is -0.142. The average Bonchev–Trinajstić information content (AvgIpc) is 2.43. The van der Waals surface area contributed by atoms with E-state index < -0.39 is 11.4 Å². The third kappa shape index (κ3) is 3.46. The molecule has 1 aromatic rings. The van der Waals surface area contributed by atoms with E-state index in [2.05, 4.69) is 0 Å². The van der Waals surface area contributed by atoms with Crippen LogP contribution in [0.25, 0.3) is 0 Å². The monoisotopic (exact) mass is 308 g/mol. The van der Waals surface area contributed by atoms with E-state index in [9.17, 15) is 14.7 Å². The van der Waals surface area contributed by atoms with Crippen LogP contribution in [0, 0.1) is 5.92 Å². The summed E-state index contributed by atoms with van der Waals surface area (Å²) in [5, 5.41) is 9.82. The third-order valence-electron chi connectivity index (χ3n) is 4.46. The number of hydrogen-bond donors (Lipinski definition) is 1. The van der Waals surface area contributed by atoms with Crippen molar-refractivity contribution in [3.05, 3.63) is 34.3 Å². The van der Waals surface area contributed by atoms with Crippen molar-refractivity contribution in [2.24, 2.45) is 5.92 Å². The summed E-state index contributed by atoms with van der Waals surface area (Å²) < 4.78 is 0. The van der Waals surface area contributed by atoms with Crippen LogP contribution in [0.1, 0.15) is 50.7 Å². The van der Waals surface area contributed by atoms with Gasteiger partial charge in [0.2, 0.25) is 0 Å². The first-order valence-corrected chi connectivity index (χ1v) is 7.75. The lowest BCUT2D eigenvalue weighted by Crippen LogP contribution is -2.28. The highest BCUT2D eigenvalue weighted by molar-refractivity contribution is 6.31. The Hall–Kier alpha value is -1.35. The molecule has 1 atom stereocenters. The van der Waals surface area contributed by atoms with Crippen molar-refractivity contribution in [2.45, 2.75) is 51.4 Å². The topological polar surface area (TPSA) is 54.4 Å². The normalized spacial score (nSPS) is 19.6. The number of benzene rings is 1. The van der Waals surface area contributed by atoms with E-state index >= 15 is 0 Å². The fraction of sp³-hybridized carbons (Fsp3) is 0.529. The van der Waals surface area contributed by atoms with Crippen LogP contribution in [0.5, 0.6) is 0 Å². The van der Waals surface area contributed by atoms with Crippen LogP contribution >= 0.6 is 11.6 Å². The van der Waals surface area contributed by atoms with Gasteiger partial charge in [0.1, 0.15) is 5.78 Å². The molecule has 0 bridgehead atoms. The lowest BCUT2D eigenvalue weighted by Gasteiger charge is -2.23. The number of Topliss-reactive ketones (excluding diaryl/α,β-unsaturated/α-hetero) is 1. The molecule has 0 amide bonds. The van der Waals surface area contributed by atoms with Gasteiger partial charge in [-0.15, -0.1) is 0 Å². The number of carboxylic acid groups (broad SMARTS) is 1. The zero-order valence-corrected chi connectivity index (χ0v) is 13.2. The zero-order valence-electron chi connectivity index (χ0n) is 12.5. The summed E-state index contributed by atoms with van der Waals surface area (Å²) in [7, 11) is 0. The number of rotatable bonds is 4. The van der Waals surface area contributed by atoms with Crippen LogP contribution in [0.15, 0.2) is 18.2 Å². The molecule has 0 aliphatic heterocycles. The summed E-state index contributed by atoms with van der Waals surface area (Å²) in [5.74, 6) is -0.490. The van der Waals surface area contributed by atoms with Gasteiger partial charge in [-0.1, -0.05) is 30.2 Å². The van der Waals surface area contributed by atoms with E-state index in [1.54, 1.807) is 19.9 Å². The van der Waals surface area contributed by atoms with E-state index in [0.717, 1.165) is 24.8 Å². The van der Waals surface area contributed by atoms with Gasteiger partial charge in [-0.3, -0.25) is 9.59 Å². The van der Waals surface area contributed by atoms with E-state index in [1.807, 2.05) is 12.1 Å². The number of carbonyl (C=O) groups excluding carboxylic acids is 1. The van der Waals surface area contributed by atoms with Crippen LogP contribution in [0.3, 0.4) is 0 Å². The van der Waals surface area contributed by atoms with Crippen molar-refractivity contribution >= 4 is 23.4 Å². The van der Waals surface area contributed by atoms with Gasteiger partial charge >= 0.3 is 5.97 Å². The Morgan fingerprint density at radius 2 is 2.10 bits per heavy atom. The molecule has 3 nitrogen and oxygen atoms in total. The van der Waals surface area contributed by atoms with Gasteiger partial charge in [-0.05, 0) is 50.3 Å². The fourth-order valence-electron chi connectivity index (χ4n) is 2.76. The molecule has 1 aliphatic carbocycles. The van der Waals surface area contributed by atoms with E-state index in [1.165, 1.54) is 0 Å². The maximum absolute atomic E-state index is 11.9. The predicted octanol–water partition coefficient (Wildman–Crippen LogP) is 4.00. The molecule has 0 saturated heterocycles. The summed E-state index contributed by atoms with van der Waals surface area (Å²) in [5.41, 5.74) is 0.642. The fourth-order valence-corrected chi connectivity index (χ4v) is 3.02. The molecule has 1 aromatic carbocycles. The van der Waals surface area contributed by atoms with Crippen LogP contribution in [0.4, 0.5) is 0 Å². The minimum absolute atomic E-state index is 0.0644. The van der Waals surface area contributed by atoms with Gasteiger partial charge in [0.25, 0.3) is 0 Å². The summed E-state index contributed by atoms with van der Waals surface area (Å²) in [6, 6.07) is 5.39. The summed E-state index contributed by atoms with van der Waals surface area (Å²) in [6.45, 7) is 3.32. The number of ketones is 1. The standard InChI is InChI=1S/C17H21ClO3/c1-17(2,16(20)21)13-8-7-11(14(18)10-13)9-12-5-3-4-6-15(12)19/h7-8,10,12H,3-6,9H2,1-2H3,(H,20,21). The van der Waals surface area contributed by atoms with Gasteiger partial charge < -0.3 is 5.11 Å². The Morgan fingerprint density at radius 1 is 1.38 bits per heavy atom. The van der Waals surface area contributed by atoms with Gasteiger partial charge in [-0.2, -0.15) is 0 Å². The lowest BCUT2D eigenvalue weighted by atomic mass is 9.81. The van der Waals surface area contributed by atoms with Crippen molar-refractivity contribution < 1.29 is 14.7 Å². The maximum atomic E-state index is 11.9. The second-order valence-corrected chi connectivity index (χ2v) is 6.76. The number of aliphatic carboxylic acids is 1. The Morgan fingerprint density at radius 3 is 2.67 bits per heavy atom. The molecule has 1 fully saturated rings. The predicted molar refractivity (Wildman–Crippen MR) is 82.8 cm³/mol. The Bertz CT molecular complexity index is 563. The number of halogens is 1. The quantitative estimate of drug-likeness (QED) is 0.914. The number of carbonyl (C=O) groups is 2. The van der Waals surface area contributed by atoms with E-state index in [0.29, 0.717) is 29.2 Å². The van der Waals surface area contributed by atoms with Gasteiger partial charge in [0.05, 0.1) is 5.41 Å². The van der Waals surface area contributed by atoms with E-state index in [4.69, 9.17) is 11.6 Å². The molecule has 1 unspecified atom stereocenters. The maximum Gasteiger partial charge on any atom is 0.313 e. The molecule has 2 rings (SSSR count). The van der Waals surface area contributed by atoms with Crippen molar-refractivity contribution in [1.29, 1.82) is 0 Å². The first-order chi connectivity index (χ1) is 9.82. The molecule has 0 spiro atoms. The second-order valence-electron chi connectivity index (χ2n) is 6.35. The van der Waals surface area contributed by atoms with Crippen molar-refractivity contribution in [3.63, 3.8) is 0 Å². The Labute approximate surface area is 130 Å². The van der Waals surface area contributed by atoms with E-state index in [-0.39, 0.29) is 5.92 Å². The van der Waals surface area contributed by atoms with Gasteiger partial charge in [-0.25, -0.2) is 0 Å². The molecule has 4 heteroatoms. The number of carboxylic acids is 1. The highest BCUT2D eigenvalue weighted by Gasteiger charge is 2.30. The molecule has 114 valence electrons. The molecule has 1 saturated carbocycles. The minimum Gasteiger partial charge on any atom is -0.481 e. The van der Waals surface area contributed by atoms with Crippen LogP contribution < -0.4 is 0 Å². The zero-order chi connectivity index (χ0) is 15.6. The smallest absolute Gasteiger partial charge is 0.313 e. The van der Waals surface area contributed by atoms with Gasteiger partial charge in [0, 0.05) is 17.4 Å². The molecular weight excluding hydrogens is 288 g/mol. The molecule has 0 aromatic heterocycles. The highest BCUT2D eigenvalue weighted by Crippen LogP contribution is 2.31. The molecule has 21 heavy (non-hydrogen) atoms. The average molecular weight is 309 g/mol. The minimum atomic E-state index is -0.969. The van der Waals surface area contributed by atoms with Gasteiger partial charge in [0.15, 0.2) is 0 Å². The van der Waals surface area contributed by atoms with Crippen molar-refractivity contribution in [2.75, 3.05) is 0 Å². The van der Waals surface area contributed by atoms with Crippen LogP contribution in [0.2, 0.25) is 5.02 Å². The summed E-state index contributed by atoms with van der Waals surface area (Å²) in [6.07, 6.45) is 4.35. The number of hydrogen-bond acceptors (Lipinski definition) is 2. The summed E-state index contributed by atoms with van der Waals surface area (Å²) >= 11 is 6.30. The molecule has 1 aliphatic rings. The third-order valence-corrected chi connectivity index (χ3v) is 4.81. The molecular formula is C17H21ClO3. The molecule has 0 heterocycles. The largest absolute Gasteiger partial charge is 0.481 e. The summed E-state index contributed by atoms with van der Waals surface area (Å²) in [4.78, 5) is 23.2. The second kappa shape index (κ2) is 6.18. The SMILES string of the molecule is CC(C)(C(=O)O)c1ccc(CC2CCCCC2=O)c(Cl)c1. The first-order valence-electron chi connectivity index (χ1n) is 7.37. The van der Waals surface area contributed by atoms with Crippen molar-refractivity contribution in [1.82, 2.24) is 0 Å². The van der Waals surface area contributed by atoms with Crippen molar-refractivity contribution in [3.8, 4) is 0 Å². The Kier molecular flexibility index (Phi) is 4.72.